The predicted octanol–water partition coefficient (Wildman–Crippen LogP) is 4.97. The van der Waals surface area contributed by atoms with E-state index in [1.807, 2.05) is 47.0 Å². The van der Waals surface area contributed by atoms with Crippen molar-refractivity contribution in [2.24, 2.45) is 0 Å². The van der Waals surface area contributed by atoms with E-state index in [9.17, 15) is 4.79 Å². The minimum atomic E-state index is -0.476. The molecule has 1 aliphatic heterocycles. The number of ether oxygens (including phenoxy) is 1. The van der Waals surface area contributed by atoms with Gasteiger partial charge in [0, 0.05) is 43.3 Å². The molecule has 6 heteroatoms. The Bertz CT molecular complexity index is 1010. The molecule has 1 amide bonds. The van der Waals surface area contributed by atoms with Gasteiger partial charge >= 0.3 is 6.09 Å². The lowest BCUT2D eigenvalue weighted by molar-refractivity contribution is 0.0139. The molecule has 0 radical (unpaired) electrons. The fraction of sp³-hybridized carbons (Fsp3) is 0.444. The Hall–Kier alpha value is -2.52. The number of hydrogen-bond donors (Lipinski definition) is 0. The Balaban J connectivity index is 1.76. The molecular formula is C27H34ClN3O2. The molecule has 0 aliphatic carbocycles. The number of nitrogens with zero attached hydrogens (tertiary/aromatic N) is 3. The van der Waals surface area contributed by atoms with Crippen LogP contribution in [0.4, 0.5) is 4.79 Å². The molecule has 0 N–H and O–H groups in total. The number of piperazine rings is 1. The zero-order chi connectivity index (χ0) is 24.0. The molecule has 176 valence electrons. The lowest BCUT2D eigenvalue weighted by Gasteiger charge is -2.35. The topological polar surface area (TPSA) is 36.0 Å². The van der Waals surface area contributed by atoms with Crippen molar-refractivity contribution >= 4 is 17.7 Å². The number of halogens is 1. The minimum Gasteiger partial charge on any atom is -0.444 e. The average molecular weight is 468 g/mol. The summed E-state index contributed by atoms with van der Waals surface area (Å²) in [6, 6.07) is 14.4. The summed E-state index contributed by atoms with van der Waals surface area (Å²) < 4.78 is 5.53. The van der Waals surface area contributed by atoms with Crippen LogP contribution < -0.4 is 0 Å². The molecule has 2 aromatic rings. The van der Waals surface area contributed by atoms with Gasteiger partial charge in [0.05, 0.1) is 6.54 Å². The highest BCUT2D eigenvalue weighted by molar-refractivity contribution is 6.30. The Morgan fingerprint density at radius 1 is 1.06 bits per heavy atom. The number of rotatable bonds is 4. The van der Waals surface area contributed by atoms with Gasteiger partial charge < -0.3 is 9.64 Å². The molecule has 1 heterocycles. The molecule has 3 rings (SSSR count). The second-order valence-electron chi connectivity index (χ2n) is 9.66. The van der Waals surface area contributed by atoms with Gasteiger partial charge in [-0.05, 0) is 75.8 Å². The third-order valence-corrected chi connectivity index (χ3v) is 5.56. The van der Waals surface area contributed by atoms with E-state index in [2.05, 4.69) is 52.0 Å². The van der Waals surface area contributed by atoms with Crippen molar-refractivity contribution in [1.29, 1.82) is 0 Å². The maximum atomic E-state index is 12.4. The zero-order valence-corrected chi connectivity index (χ0v) is 21.1. The maximum absolute atomic E-state index is 12.4. The third-order valence-electron chi connectivity index (χ3n) is 5.31. The highest BCUT2D eigenvalue weighted by Gasteiger charge is 2.26. The lowest BCUT2D eigenvalue weighted by atomic mass is 9.97. The number of hydrogen-bond acceptors (Lipinski definition) is 4. The smallest absolute Gasteiger partial charge is 0.410 e. The van der Waals surface area contributed by atoms with Crippen LogP contribution in [0.2, 0.25) is 5.02 Å². The van der Waals surface area contributed by atoms with E-state index in [-0.39, 0.29) is 6.09 Å². The fourth-order valence-corrected chi connectivity index (χ4v) is 3.79. The zero-order valence-electron chi connectivity index (χ0n) is 20.3. The van der Waals surface area contributed by atoms with Crippen molar-refractivity contribution in [3.05, 3.63) is 58.6 Å². The first kappa shape index (κ1) is 25.1. The van der Waals surface area contributed by atoms with Gasteiger partial charge in [0.2, 0.25) is 0 Å². The summed E-state index contributed by atoms with van der Waals surface area (Å²) in [5.74, 6) is 6.51. The van der Waals surface area contributed by atoms with Gasteiger partial charge in [-0.25, -0.2) is 4.79 Å². The van der Waals surface area contributed by atoms with Crippen LogP contribution in [0.1, 0.15) is 31.9 Å². The Labute approximate surface area is 203 Å². The predicted molar refractivity (Wildman–Crippen MR) is 135 cm³/mol. The van der Waals surface area contributed by atoms with Gasteiger partial charge in [0.1, 0.15) is 5.60 Å². The van der Waals surface area contributed by atoms with Gasteiger partial charge in [-0.15, -0.1) is 0 Å². The number of carbonyl (C=O) groups excluding carboxylic acids is 1. The van der Waals surface area contributed by atoms with Crippen molar-refractivity contribution in [3.8, 4) is 23.0 Å². The quantitative estimate of drug-likeness (QED) is 0.594. The van der Waals surface area contributed by atoms with Gasteiger partial charge in [-0.3, -0.25) is 9.80 Å². The highest BCUT2D eigenvalue weighted by atomic mass is 35.5. The van der Waals surface area contributed by atoms with E-state index in [1.54, 1.807) is 4.90 Å². The van der Waals surface area contributed by atoms with E-state index in [0.717, 1.165) is 42.3 Å². The van der Waals surface area contributed by atoms with E-state index in [0.29, 0.717) is 13.1 Å². The van der Waals surface area contributed by atoms with Crippen LogP contribution >= 0.6 is 11.6 Å². The number of benzene rings is 2. The molecule has 0 bridgehead atoms. The molecule has 1 fully saturated rings. The minimum absolute atomic E-state index is 0.234. The van der Waals surface area contributed by atoms with Crippen LogP contribution in [-0.4, -0.2) is 73.2 Å². The van der Waals surface area contributed by atoms with Crippen molar-refractivity contribution < 1.29 is 9.53 Å². The summed E-state index contributed by atoms with van der Waals surface area (Å²) in [7, 11) is 4.03. The van der Waals surface area contributed by atoms with Crippen molar-refractivity contribution in [2.75, 3.05) is 46.8 Å². The average Bonchev–Trinajstić information content (AvgIpc) is 2.74. The first-order chi connectivity index (χ1) is 15.6. The van der Waals surface area contributed by atoms with Crippen LogP contribution in [0.3, 0.4) is 0 Å². The molecule has 0 atom stereocenters. The Morgan fingerprint density at radius 3 is 2.33 bits per heavy atom. The molecule has 0 aromatic heterocycles. The van der Waals surface area contributed by atoms with E-state index in [1.165, 1.54) is 11.1 Å². The number of carbonyl (C=O) groups is 1. The fourth-order valence-electron chi connectivity index (χ4n) is 3.67. The SMILES string of the molecule is CN(C)CC#Cc1ccc(-c2ccc(Cl)cc2)c(CN2CCN(C(=O)OC(C)(C)C)CC2)c1. The van der Waals surface area contributed by atoms with Crippen molar-refractivity contribution in [1.82, 2.24) is 14.7 Å². The summed E-state index contributed by atoms with van der Waals surface area (Å²) in [6.45, 7) is 10.1. The highest BCUT2D eigenvalue weighted by Crippen LogP contribution is 2.28. The standard InChI is InChI=1S/C27H34ClN3O2/c1-27(2,3)33-26(32)31-17-15-30(16-18-31)20-23-19-21(7-6-14-29(4)5)8-13-25(23)22-9-11-24(28)12-10-22/h8-13,19H,14-18,20H2,1-5H3. The first-order valence-electron chi connectivity index (χ1n) is 11.3. The normalized spacial score (nSPS) is 14.7. The van der Waals surface area contributed by atoms with Gasteiger partial charge in [0.15, 0.2) is 0 Å². The molecule has 0 unspecified atom stereocenters. The van der Waals surface area contributed by atoms with Gasteiger partial charge in [0.25, 0.3) is 0 Å². The summed E-state index contributed by atoms with van der Waals surface area (Å²) in [5, 5.41) is 0.727. The third kappa shape index (κ3) is 7.78. The lowest BCUT2D eigenvalue weighted by Crippen LogP contribution is -2.49. The Morgan fingerprint density at radius 2 is 1.73 bits per heavy atom. The second-order valence-corrected chi connectivity index (χ2v) is 10.1. The molecule has 5 nitrogen and oxygen atoms in total. The van der Waals surface area contributed by atoms with Crippen LogP contribution in [0.5, 0.6) is 0 Å². The van der Waals surface area contributed by atoms with Crippen molar-refractivity contribution in [3.63, 3.8) is 0 Å². The maximum Gasteiger partial charge on any atom is 0.410 e. The molecule has 1 aliphatic rings. The first-order valence-corrected chi connectivity index (χ1v) is 11.7. The molecule has 2 aromatic carbocycles. The van der Waals surface area contributed by atoms with Gasteiger partial charge in [-0.1, -0.05) is 41.6 Å². The molecular weight excluding hydrogens is 434 g/mol. The van der Waals surface area contributed by atoms with E-state index >= 15 is 0 Å². The van der Waals surface area contributed by atoms with Crippen molar-refractivity contribution in [2.45, 2.75) is 32.9 Å². The van der Waals surface area contributed by atoms with Crippen LogP contribution in [0, 0.1) is 11.8 Å². The van der Waals surface area contributed by atoms with Crippen LogP contribution in [0.25, 0.3) is 11.1 Å². The van der Waals surface area contributed by atoms with E-state index < -0.39 is 5.60 Å². The monoisotopic (exact) mass is 467 g/mol. The van der Waals surface area contributed by atoms with Gasteiger partial charge in [-0.2, -0.15) is 0 Å². The Kier molecular flexibility index (Phi) is 8.42. The number of amides is 1. The summed E-state index contributed by atoms with van der Waals surface area (Å²) in [5.41, 5.74) is 4.07. The molecule has 33 heavy (non-hydrogen) atoms. The second kappa shape index (κ2) is 11.1. The molecule has 0 saturated carbocycles. The summed E-state index contributed by atoms with van der Waals surface area (Å²) >= 11 is 6.11. The summed E-state index contributed by atoms with van der Waals surface area (Å²) in [6.07, 6.45) is -0.234. The summed E-state index contributed by atoms with van der Waals surface area (Å²) in [4.78, 5) is 18.6. The van der Waals surface area contributed by atoms with Crippen LogP contribution in [0.15, 0.2) is 42.5 Å². The van der Waals surface area contributed by atoms with E-state index in [4.69, 9.17) is 16.3 Å². The largest absolute Gasteiger partial charge is 0.444 e. The molecule has 0 spiro atoms. The molecule has 1 saturated heterocycles. The van der Waals surface area contributed by atoms with Crippen LogP contribution in [-0.2, 0) is 11.3 Å².